The number of nitrogens with zero attached hydrogens (tertiary/aromatic N) is 1. The lowest BCUT2D eigenvalue weighted by Crippen LogP contribution is -2.24. The van der Waals surface area contributed by atoms with Crippen LogP contribution in [-0.2, 0) is 0 Å². The van der Waals surface area contributed by atoms with E-state index in [2.05, 4.69) is 15.9 Å². The summed E-state index contributed by atoms with van der Waals surface area (Å²) >= 11 is 3.39. The zero-order valence-corrected chi connectivity index (χ0v) is 10.8. The number of alkyl halides is 2. The first kappa shape index (κ1) is 13.4. The number of benzene rings is 1. The zero-order chi connectivity index (χ0) is 12.3. The van der Waals surface area contributed by atoms with Crippen molar-refractivity contribution in [1.82, 2.24) is 0 Å². The summed E-state index contributed by atoms with van der Waals surface area (Å²) < 4.78 is 25.3. The SMILES string of the molecule is C[C@H](N)c1ccc(N(C)CC(F)F)cc1Br. The van der Waals surface area contributed by atoms with E-state index in [1.165, 1.54) is 4.90 Å². The van der Waals surface area contributed by atoms with Crippen molar-refractivity contribution >= 4 is 21.6 Å². The molecule has 16 heavy (non-hydrogen) atoms. The summed E-state index contributed by atoms with van der Waals surface area (Å²) in [6.07, 6.45) is -2.34. The Kier molecular flexibility index (Phi) is 4.68. The zero-order valence-electron chi connectivity index (χ0n) is 9.25. The van der Waals surface area contributed by atoms with E-state index >= 15 is 0 Å². The van der Waals surface area contributed by atoms with Gasteiger partial charge in [-0.15, -0.1) is 0 Å². The van der Waals surface area contributed by atoms with Gasteiger partial charge in [0.1, 0.15) is 0 Å². The monoisotopic (exact) mass is 292 g/mol. The molecular formula is C11H15BrF2N2. The molecule has 90 valence electrons. The average molecular weight is 293 g/mol. The minimum absolute atomic E-state index is 0.0798. The second-order valence-corrected chi connectivity index (χ2v) is 4.62. The lowest BCUT2D eigenvalue weighted by atomic mass is 10.1. The van der Waals surface area contributed by atoms with Crippen molar-refractivity contribution in [2.24, 2.45) is 5.73 Å². The van der Waals surface area contributed by atoms with Crippen LogP contribution in [0.3, 0.4) is 0 Å². The molecule has 1 aromatic carbocycles. The fourth-order valence-electron chi connectivity index (χ4n) is 1.44. The first-order valence-electron chi connectivity index (χ1n) is 4.96. The van der Waals surface area contributed by atoms with Gasteiger partial charge in [-0.1, -0.05) is 22.0 Å². The Morgan fingerprint density at radius 3 is 2.50 bits per heavy atom. The van der Waals surface area contributed by atoms with Gasteiger partial charge in [0.2, 0.25) is 0 Å². The molecular weight excluding hydrogens is 278 g/mol. The van der Waals surface area contributed by atoms with Gasteiger partial charge in [-0.3, -0.25) is 0 Å². The summed E-state index contributed by atoms with van der Waals surface area (Å²) in [5.74, 6) is 0. The van der Waals surface area contributed by atoms with Crippen molar-refractivity contribution in [1.29, 1.82) is 0 Å². The maximum Gasteiger partial charge on any atom is 0.255 e. The molecule has 0 aliphatic rings. The number of hydrogen-bond donors (Lipinski definition) is 1. The number of hydrogen-bond acceptors (Lipinski definition) is 2. The van der Waals surface area contributed by atoms with E-state index in [-0.39, 0.29) is 12.6 Å². The largest absolute Gasteiger partial charge is 0.369 e. The van der Waals surface area contributed by atoms with E-state index in [0.29, 0.717) is 0 Å². The smallest absolute Gasteiger partial charge is 0.255 e. The highest BCUT2D eigenvalue weighted by atomic mass is 79.9. The quantitative estimate of drug-likeness (QED) is 0.924. The Labute approximate surface area is 103 Å². The molecule has 2 N–H and O–H groups in total. The topological polar surface area (TPSA) is 29.3 Å². The van der Waals surface area contributed by atoms with Crippen LogP contribution in [0, 0.1) is 0 Å². The Bertz CT molecular complexity index is 356. The Balaban J connectivity index is 2.88. The fraction of sp³-hybridized carbons (Fsp3) is 0.455. The van der Waals surface area contributed by atoms with Crippen LogP contribution in [0.25, 0.3) is 0 Å². The first-order valence-corrected chi connectivity index (χ1v) is 5.75. The van der Waals surface area contributed by atoms with Crippen LogP contribution < -0.4 is 10.6 Å². The highest BCUT2D eigenvalue weighted by molar-refractivity contribution is 9.10. The predicted molar refractivity (Wildman–Crippen MR) is 66.0 cm³/mol. The summed E-state index contributed by atoms with van der Waals surface area (Å²) in [6.45, 7) is 1.60. The number of halogens is 3. The lowest BCUT2D eigenvalue weighted by molar-refractivity contribution is 0.156. The maximum atomic E-state index is 12.2. The standard InChI is InChI=1S/C11H15BrF2N2/c1-7(15)9-4-3-8(5-10(9)12)16(2)6-11(13)14/h3-5,7,11H,6,15H2,1-2H3/t7-/m0/s1. The maximum absolute atomic E-state index is 12.2. The third-order valence-electron chi connectivity index (χ3n) is 2.33. The van der Waals surface area contributed by atoms with Gasteiger partial charge in [0.05, 0.1) is 6.54 Å². The Morgan fingerprint density at radius 1 is 1.44 bits per heavy atom. The van der Waals surface area contributed by atoms with Crippen molar-refractivity contribution in [3.05, 3.63) is 28.2 Å². The molecule has 0 amide bonds. The van der Waals surface area contributed by atoms with Crippen LogP contribution in [0.1, 0.15) is 18.5 Å². The van der Waals surface area contributed by atoms with Gasteiger partial charge in [-0.25, -0.2) is 8.78 Å². The molecule has 0 fully saturated rings. The summed E-state index contributed by atoms with van der Waals surface area (Å²) in [6, 6.07) is 5.38. The van der Waals surface area contributed by atoms with Crippen LogP contribution in [0.15, 0.2) is 22.7 Å². The summed E-state index contributed by atoms with van der Waals surface area (Å²) in [5, 5.41) is 0. The molecule has 1 aromatic rings. The van der Waals surface area contributed by atoms with E-state index in [9.17, 15) is 8.78 Å². The molecule has 0 aliphatic heterocycles. The lowest BCUT2D eigenvalue weighted by Gasteiger charge is -2.20. The van der Waals surface area contributed by atoms with Crippen LogP contribution in [0.5, 0.6) is 0 Å². The van der Waals surface area contributed by atoms with Crippen LogP contribution in [0.2, 0.25) is 0 Å². The molecule has 1 rings (SSSR count). The first-order chi connectivity index (χ1) is 7.41. The van der Waals surface area contributed by atoms with E-state index < -0.39 is 6.43 Å². The second kappa shape index (κ2) is 5.59. The molecule has 2 nitrogen and oxygen atoms in total. The summed E-state index contributed by atoms with van der Waals surface area (Å²) in [5.41, 5.74) is 7.47. The van der Waals surface area contributed by atoms with Gasteiger partial charge >= 0.3 is 0 Å². The highest BCUT2D eigenvalue weighted by Crippen LogP contribution is 2.27. The molecule has 0 unspecified atom stereocenters. The van der Waals surface area contributed by atoms with Crippen molar-refractivity contribution in [3.8, 4) is 0 Å². The molecule has 0 saturated heterocycles. The van der Waals surface area contributed by atoms with Crippen molar-refractivity contribution in [2.75, 3.05) is 18.5 Å². The van der Waals surface area contributed by atoms with Crippen LogP contribution in [0.4, 0.5) is 14.5 Å². The van der Waals surface area contributed by atoms with Gasteiger partial charge in [-0.2, -0.15) is 0 Å². The molecule has 5 heteroatoms. The minimum Gasteiger partial charge on any atom is -0.369 e. The Hall–Kier alpha value is -0.680. The summed E-state index contributed by atoms with van der Waals surface area (Å²) in [7, 11) is 1.64. The number of nitrogens with two attached hydrogens (primary N) is 1. The molecule has 0 spiro atoms. The van der Waals surface area contributed by atoms with E-state index in [1.807, 2.05) is 13.0 Å². The number of anilines is 1. The van der Waals surface area contributed by atoms with Crippen LogP contribution >= 0.6 is 15.9 Å². The van der Waals surface area contributed by atoms with Gasteiger partial charge in [-0.05, 0) is 24.6 Å². The highest BCUT2D eigenvalue weighted by Gasteiger charge is 2.11. The molecule has 1 atom stereocenters. The third kappa shape index (κ3) is 3.42. The van der Waals surface area contributed by atoms with Gasteiger partial charge in [0.15, 0.2) is 0 Å². The fourth-order valence-corrected chi connectivity index (χ4v) is 2.16. The van der Waals surface area contributed by atoms with Gasteiger partial charge < -0.3 is 10.6 Å². The average Bonchev–Trinajstić information content (AvgIpc) is 2.15. The number of rotatable bonds is 4. The minimum atomic E-state index is -2.34. The van der Waals surface area contributed by atoms with Crippen LogP contribution in [-0.4, -0.2) is 20.0 Å². The van der Waals surface area contributed by atoms with Crippen molar-refractivity contribution < 1.29 is 8.78 Å². The molecule has 0 saturated carbocycles. The molecule has 0 aromatic heterocycles. The van der Waals surface area contributed by atoms with E-state index in [4.69, 9.17) is 5.73 Å². The normalized spacial score (nSPS) is 12.9. The Morgan fingerprint density at radius 2 is 2.06 bits per heavy atom. The molecule has 0 radical (unpaired) electrons. The van der Waals surface area contributed by atoms with E-state index in [0.717, 1.165) is 15.7 Å². The van der Waals surface area contributed by atoms with Gasteiger partial charge in [0.25, 0.3) is 6.43 Å². The molecule has 0 bridgehead atoms. The van der Waals surface area contributed by atoms with E-state index in [1.54, 1.807) is 19.2 Å². The second-order valence-electron chi connectivity index (χ2n) is 3.77. The summed E-state index contributed by atoms with van der Waals surface area (Å²) in [4.78, 5) is 1.51. The molecule has 0 heterocycles. The van der Waals surface area contributed by atoms with Crippen molar-refractivity contribution in [2.45, 2.75) is 19.4 Å². The van der Waals surface area contributed by atoms with Crippen molar-refractivity contribution in [3.63, 3.8) is 0 Å². The van der Waals surface area contributed by atoms with Gasteiger partial charge in [0, 0.05) is 23.2 Å². The third-order valence-corrected chi connectivity index (χ3v) is 3.01. The predicted octanol–water partition coefficient (Wildman–Crippen LogP) is 3.17. The molecule has 0 aliphatic carbocycles.